The van der Waals surface area contributed by atoms with Crippen molar-refractivity contribution in [2.24, 2.45) is 5.73 Å². The van der Waals surface area contributed by atoms with Crippen molar-refractivity contribution in [1.82, 2.24) is 4.98 Å². The van der Waals surface area contributed by atoms with E-state index in [2.05, 4.69) is 39.1 Å². The fraction of sp³-hybridized carbons (Fsp3) is 0.214. The zero-order chi connectivity index (χ0) is 13.8. The van der Waals surface area contributed by atoms with Crippen LogP contribution in [0.1, 0.15) is 12.5 Å². The summed E-state index contributed by atoms with van der Waals surface area (Å²) in [6.07, 6.45) is 2.61. The Morgan fingerprint density at radius 2 is 2.21 bits per heavy atom. The Morgan fingerprint density at radius 3 is 2.84 bits per heavy atom. The van der Waals surface area contributed by atoms with Crippen LogP contribution in [0.15, 0.2) is 50.9 Å². The molecule has 5 heteroatoms. The molecule has 1 aromatic heterocycles. The Bertz CT molecular complexity index is 575. The van der Waals surface area contributed by atoms with Crippen LogP contribution >= 0.6 is 39.3 Å². The summed E-state index contributed by atoms with van der Waals surface area (Å²) in [4.78, 5) is 5.37. The predicted molar refractivity (Wildman–Crippen MR) is 84.9 cm³/mol. The maximum Gasteiger partial charge on any atom is 0.119 e. The van der Waals surface area contributed by atoms with E-state index >= 15 is 0 Å². The third kappa shape index (κ3) is 4.21. The van der Waals surface area contributed by atoms with E-state index in [9.17, 15) is 0 Å². The lowest BCUT2D eigenvalue weighted by Gasteiger charge is -2.09. The number of aromatic nitrogens is 1. The van der Waals surface area contributed by atoms with E-state index < -0.39 is 0 Å². The van der Waals surface area contributed by atoms with Crippen LogP contribution in [0.5, 0.6) is 0 Å². The second kappa shape index (κ2) is 6.75. The average Bonchev–Trinajstić information content (AvgIpc) is 2.34. The van der Waals surface area contributed by atoms with Gasteiger partial charge in [-0.05, 0) is 59.1 Å². The summed E-state index contributed by atoms with van der Waals surface area (Å²) >= 11 is 11.2. The van der Waals surface area contributed by atoms with E-state index in [-0.39, 0.29) is 6.04 Å². The fourth-order valence-corrected chi connectivity index (χ4v) is 3.36. The highest BCUT2D eigenvalue weighted by Crippen LogP contribution is 2.36. The summed E-state index contributed by atoms with van der Waals surface area (Å²) in [5.41, 5.74) is 7.03. The quantitative estimate of drug-likeness (QED) is 0.873. The molecule has 19 heavy (non-hydrogen) atoms. The van der Waals surface area contributed by atoms with Crippen molar-refractivity contribution < 1.29 is 0 Å². The second-order valence-corrected chi connectivity index (χ2v) is 6.63. The zero-order valence-electron chi connectivity index (χ0n) is 10.4. The van der Waals surface area contributed by atoms with Crippen molar-refractivity contribution in [1.29, 1.82) is 0 Å². The van der Waals surface area contributed by atoms with Gasteiger partial charge in [-0.3, -0.25) is 0 Å². The van der Waals surface area contributed by atoms with Crippen LogP contribution in [0.2, 0.25) is 5.02 Å². The van der Waals surface area contributed by atoms with E-state index in [0.29, 0.717) is 5.02 Å². The van der Waals surface area contributed by atoms with Gasteiger partial charge in [-0.25, -0.2) is 4.98 Å². The maximum atomic E-state index is 6.11. The van der Waals surface area contributed by atoms with Gasteiger partial charge in [0, 0.05) is 21.6 Å². The monoisotopic (exact) mass is 356 g/mol. The van der Waals surface area contributed by atoms with Crippen LogP contribution < -0.4 is 5.73 Å². The van der Waals surface area contributed by atoms with Crippen molar-refractivity contribution in [2.45, 2.75) is 29.3 Å². The Kier molecular flexibility index (Phi) is 5.28. The minimum Gasteiger partial charge on any atom is -0.328 e. The van der Waals surface area contributed by atoms with E-state index in [1.165, 1.54) is 5.56 Å². The predicted octanol–water partition coefficient (Wildman–Crippen LogP) is 4.54. The molecule has 2 aromatic rings. The summed E-state index contributed by atoms with van der Waals surface area (Å²) in [5.74, 6) is 0. The highest BCUT2D eigenvalue weighted by molar-refractivity contribution is 9.10. The molecule has 0 amide bonds. The number of benzene rings is 1. The van der Waals surface area contributed by atoms with E-state index in [0.717, 1.165) is 20.8 Å². The van der Waals surface area contributed by atoms with E-state index in [4.69, 9.17) is 17.3 Å². The molecule has 0 spiro atoms. The van der Waals surface area contributed by atoms with Crippen LogP contribution in [-0.4, -0.2) is 11.0 Å². The normalized spacial score (nSPS) is 12.4. The van der Waals surface area contributed by atoms with Crippen LogP contribution in [0.3, 0.4) is 0 Å². The Labute approximate surface area is 130 Å². The van der Waals surface area contributed by atoms with Crippen molar-refractivity contribution in [3.8, 4) is 0 Å². The minimum absolute atomic E-state index is 0.163. The lowest BCUT2D eigenvalue weighted by Crippen LogP contribution is -2.17. The van der Waals surface area contributed by atoms with Gasteiger partial charge in [0.25, 0.3) is 0 Å². The molecular formula is C14H14BrClN2S. The summed E-state index contributed by atoms with van der Waals surface area (Å²) in [6.45, 7) is 2.00. The van der Waals surface area contributed by atoms with Crippen molar-refractivity contribution in [3.63, 3.8) is 0 Å². The molecule has 0 aliphatic heterocycles. The smallest absolute Gasteiger partial charge is 0.119 e. The highest BCUT2D eigenvalue weighted by Gasteiger charge is 2.08. The number of hydrogen-bond donors (Lipinski definition) is 1. The van der Waals surface area contributed by atoms with Crippen LogP contribution in [0, 0.1) is 0 Å². The van der Waals surface area contributed by atoms with Crippen LogP contribution in [-0.2, 0) is 6.42 Å². The molecule has 2 N–H and O–H groups in total. The molecule has 0 aliphatic rings. The van der Waals surface area contributed by atoms with Gasteiger partial charge in [-0.2, -0.15) is 0 Å². The second-order valence-electron chi connectivity index (χ2n) is 4.34. The first-order valence-corrected chi connectivity index (χ1v) is 7.87. The summed E-state index contributed by atoms with van der Waals surface area (Å²) in [7, 11) is 0. The van der Waals surface area contributed by atoms with Gasteiger partial charge in [-0.15, -0.1) is 0 Å². The highest BCUT2D eigenvalue weighted by atomic mass is 79.9. The molecule has 2 rings (SSSR count). The molecule has 1 unspecified atom stereocenters. The molecule has 0 saturated heterocycles. The van der Waals surface area contributed by atoms with Crippen LogP contribution in [0.4, 0.5) is 0 Å². The van der Waals surface area contributed by atoms with Gasteiger partial charge in [0.15, 0.2) is 0 Å². The molecule has 1 atom stereocenters. The standard InChI is InChI=1S/C14H14BrClN2S/c1-9(17)7-10-4-5-13(11(15)8-10)19-14-12(16)3-2-6-18-14/h2-6,8-9H,7,17H2,1H3. The first-order valence-electron chi connectivity index (χ1n) is 5.88. The molecule has 2 nitrogen and oxygen atoms in total. The van der Waals surface area contributed by atoms with Gasteiger partial charge < -0.3 is 5.73 Å². The molecule has 1 heterocycles. The van der Waals surface area contributed by atoms with E-state index in [1.807, 2.05) is 19.1 Å². The molecule has 100 valence electrons. The lowest BCUT2D eigenvalue weighted by molar-refractivity contribution is 0.737. The number of pyridine rings is 1. The third-order valence-electron chi connectivity index (χ3n) is 2.49. The molecule has 0 bridgehead atoms. The fourth-order valence-electron chi connectivity index (χ4n) is 1.68. The Hall–Kier alpha value is -0.550. The van der Waals surface area contributed by atoms with Crippen molar-refractivity contribution in [3.05, 3.63) is 51.6 Å². The molecule has 1 aromatic carbocycles. The Balaban J connectivity index is 2.20. The first kappa shape index (κ1) is 14.9. The Morgan fingerprint density at radius 1 is 1.42 bits per heavy atom. The number of rotatable bonds is 4. The first-order chi connectivity index (χ1) is 9.06. The third-order valence-corrected chi connectivity index (χ3v) is 4.92. The van der Waals surface area contributed by atoms with Gasteiger partial charge in [0.1, 0.15) is 5.03 Å². The summed E-state index contributed by atoms with van der Waals surface area (Å²) < 4.78 is 1.04. The summed E-state index contributed by atoms with van der Waals surface area (Å²) in [5, 5.41) is 1.48. The maximum absolute atomic E-state index is 6.11. The number of nitrogens with zero attached hydrogens (tertiary/aromatic N) is 1. The molecule has 0 radical (unpaired) electrons. The number of nitrogens with two attached hydrogens (primary N) is 1. The SMILES string of the molecule is CC(N)Cc1ccc(Sc2ncccc2Cl)c(Br)c1. The van der Waals surface area contributed by atoms with Gasteiger partial charge in [-0.1, -0.05) is 29.4 Å². The van der Waals surface area contributed by atoms with Gasteiger partial charge in [0.2, 0.25) is 0 Å². The molecule has 0 fully saturated rings. The van der Waals surface area contributed by atoms with Crippen LogP contribution in [0.25, 0.3) is 0 Å². The number of hydrogen-bond acceptors (Lipinski definition) is 3. The summed E-state index contributed by atoms with van der Waals surface area (Å²) in [6, 6.07) is 10.1. The largest absolute Gasteiger partial charge is 0.328 e. The van der Waals surface area contributed by atoms with Crippen molar-refractivity contribution >= 4 is 39.3 Å². The molecule has 0 saturated carbocycles. The minimum atomic E-state index is 0.163. The topological polar surface area (TPSA) is 38.9 Å². The molecular weight excluding hydrogens is 344 g/mol. The van der Waals surface area contributed by atoms with E-state index in [1.54, 1.807) is 18.0 Å². The van der Waals surface area contributed by atoms with Gasteiger partial charge in [0.05, 0.1) is 5.02 Å². The molecule has 0 aliphatic carbocycles. The lowest BCUT2D eigenvalue weighted by atomic mass is 10.1. The zero-order valence-corrected chi connectivity index (χ0v) is 13.6. The van der Waals surface area contributed by atoms with Gasteiger partial charge >= 0.3 is 0 Å². The number of halogens is 2. The van der Waals surface area contributed by atoms with Crippen molar-refractivity contribution in [2.75, 3.05) is 0 Å². The average molecular weight is 358 g/mol.